The number of carboxylic acids is 1. The third-order valence-corrected chi connectivity index (χ3v) is 16.4. The summed E-state index contributed by atoms with van der Waals surface area (Å²) in [5, 5.41) is 44.9. The number of phenolic OH excluding ortho intramolecular Hbond substituents is 1. The second-order valence-corrected chi connectivity index (χ2v) is 24.6. The van der Waals surface area contributed by atoms with Gasteiger partial charge in [-0.15, -0.1) is 0 Å². The average Bonchev–Trinajstić information content (AvgIpc) is 1.60. The average molecular weight is 1300 g/mol. The minimum atomic E-state index is -2.01. The van der Waals surface area contributed by atoms with Crippen molar-refractivity contribution in [2.45, 2.75) is 159 Å². The van der Waals surface area contributed by atoms with Crippen molar-refractivity contribution in [1.82, 2.24) is 57.7 Å². The predicted molar refractivity (Wildman–Crippen MR) is 345 cm³/mol. The Morgan fingerprint density at radius 3 is 1.54 bits per heavy atom. The molecule has 2 aliphatic heterocycles. The molecular weight excluding hydrogens is 1210 g/mol. The summed E-state index contributed by atoms with van der Waals surface area (Å²) in [6, 6.07) is 14.5. The van der Waals surface area contributed by atoms with Crippen LogP contribution < -0.4 is 59.3 Å². The smallest absolute Gasteiger partial charge is 0.305 e. The number of primary amides is 1. The number of nitrogens with two attached hydrogens (primary N) is 2. The highest BCUT2D eigenvalue weighted by Gasteiger charge is 2.42. The first-order valence-corrected chi connectivity index (χ1v) is 31.5. The quantitative estimate of drug-likeness (QED) is 0.0561. The van der Waals surface area contributed by atoms with E-state index in [2.05, 4.69) is 52.8 Å². The van der Waals surface area contributed by atoms with Gasteiger partial charge in [0.15, 0.2) is 0 Å². The van der Waals surface area contributed by atoms with E-state index in [-0.39, 0.29) is 76.1 Å². The Kier molecular flexibility index (Phi) is 25.7. The number of aromatic hydroxyl groups is 1. The predicted octanol–water partition coefficient (Wildman–Crippen LogP) is 0.303. The number of benzene rings is 4. The van der Waals surface area contributed by atoms with Crippen LogP contribution in [0.5, 0.6) is 5.75 Å². The molecule has 5 aromatic rings. The molecule has 0 bridgehead atoms. The van der Waals surface area contributed by atoms with E-state index in [9.17, 15) is 63.0 Å². The third kappa shape index (κ3) is 20.4. The van der Waals surface area contributed by atoms with Gasteiger partial charge in [0.25, 0.3) is 0 Å². The highest BCUT2D eigenvalue weighted by molar-refractivity contribution is 6.01. The summed E-state index contributed by atoms with van der Waals surface area (Å²) in [4.78, 5) is 177. The minimum absolute atomic E-state index is 0.0297. The first-order chi connectivity index (χ1) is 44.9. The fourth-order valence-electron chi connectivity index (χ4n) is 11.5. The third-order valence-electron chi connectivity index (χ3n) is 16.4. The fourth-order valence-corrected chi connectivity index (χ4v) is 11.5. The van der Waals surface area contributed by atoms with Gasteiger partial charge in [0, 0.05) is 49.3 Å². The summed E-state index contributed by atoms with van der Waals surface area (Å²) in [7, 11) is 0. The number of H-pyrrole nitrogens is 1. The molecule has 27 nitrogen and oxygen atoms in total. The van der Waals surface area contributed by atoms with Crippen LogP contribution in [0.3, 0.4) is 0 Å². The molecule has 16 N–H and O–H groups in total. The van der Waals surface area contributed by atoms with Crippen molar-refractivity contribution in [1.29, 1.82) is 0 Å². The minimum Gasteiger partial charge on any atom is -0.508 e. The number of aromatic amines is 1. The Balaban J connectivity index is 1.32. The van der Waals surface area contributed by atoms with E-state index in [0.717, 1.165) is 0 Å². The van der Waals surface area contributed by atoms with E-state index in [4.69, 9.17) is 11.5 Å². The van der Waals surface area contributed by atoms with E-state index < -0.39 is 150 Å². The number of aromatic nitrogens is 1. The molecule has 27 heteroatoms. The van der Waals surface area contributed by atoms with Gasteiger partial charge in [-0.1, -0.05) is 119 Å². The van der Waals surface area contributed by atoms with Gasteiger partial charge in [0.1, 0.15) is 66.2 Å². The molecular formula is C67H85N13O14. The number of nitrogens with one attached hydrogen (secondary N) is 10. The Morgan fingerprint density at radius 1 is 0.521 bits per heavy atom. The monoisotopic (exact) mass is 1300 g/mol. The van der Waals surface area contributed by atoms with Crippen LogP contribution in [0.15, 0.2) is 115 Å². The number of para-hydroxylation sites is 1. The summed E-state index contributed by atoms with van der Waals surface area (Å²) in [6.45, 7) is 6.93. The lowest BCUT2D eigenvalue weighted by atomic mass is 9.98. The lowest BCUT2D eigenvalue weighted by Crippen LogP contribution is -2.62. The Hall–Kier alpha value is -10.2. The largest absolute Gasteiger partial charge is 0.508 e. The number of carboxylic acid groups (broad SMARTS) is 1. The van der Waals surface area contributed by atoms with Crippen LogP contribution in [0.25, 0.3) is 10.9 Å². The number of carbonyl (C=O) groups excluding carboxylic acids is 11. The molecule has 2 aliphatic rings. The lowest BCUT2D eigenvalue weighted by Gasteiger charge is -2.32. The molecule has 502 valence electrons. The second kappa shape index (κ2) is 33.9. The summed E-state index contributed by atoms with van der Waals surface area (Å²) >= 11 is 0. The van der Waals surface area contributed by atoms with Crippen LogP contribution >= 0.6 is 0 Å². The fraction of sp³-hybridized carbons (Fsp3) is 0.433. The van der Waals surface area contributed by atoms with E-state index >= 15 is 4.79 Å². The van der Waals surface area contributed by atoms with E-state index in [1.807, 2.05) is 0 Å². The molecule has 1 aromatic heterocycles. The molecule has 2 saturated heterocycles. The van der Waals surface area contributed by atoms with Gasteiger partial charge in [-0.25, -0.2) is 0 Å². The molecule has 10 atom stereocenters. The molecule has 2 fully saturated rings. The van der Waals surface area contributed by atoms with E-state index in [1.54, 1.807) is 131 Å². The molecule has 0 radical (unpaired) electrons. The molecule has 94 heavy (non-hydrogen) atoms. The van der Waals surface area contributed by atoms with Gasteiger partial charge in [-0.3, -0.25) is 57.5 Å². The number of aliphatic carboxylic acids is 1. The Morgan fingerprint density at radius 2 is 0.979 bits per heavy atom. The highest BCUT2D eigenvalue weighted by Crippen LogP contribution is 2.23. The molecule has 4 aromatic carbocycles. The number of rotatable bonds is 18. The van der Waals surface area contributed by atoms with Crippen LogP contribution in [0, 0.1) is 11.8 Å². The van der Waals surface area contributed by atoms with Crippen LogP contribution in [0.1, 0.15) is 94.9 Å². The van der Waals surface area contributed by atoms with Crippen molar-refractivity contribution in [3.63, 3.8) is 0 Å². The summed E-state index contributed by atoms with van der Waals surface area (Å²) < 4.78 is 0. The maximum atomic E-state index is 15.2. The van der Waals surface area contributed by atoms with Gasteiger partial charge in [-0.2, -0.15) is 0 Å². The summed E-state index contributed by atoms with van der Waals surface area (Å²) in [5.74, 6) is -13.1. The number of nitrogens with zero attached hydrogens (tertiary/aromatic N) is 1. The lowest BCUT2D eigenvalue weighted by molar-refractivity contribution is -0.142. The van der Waals surface area contributed by atoms with Crippen molar-refractivity contribution in [3.05, 3.63) is 138 Å². The standard InChI is InChI=1S/C67H85N13O14/c1-37(2)29-47-59(86)78-53(32-41-23-25-43(81)26-24-41)67(94)80-28-14-22-54(80)65(92)77-49(31-40-17-9-6-10-18-40)61(88)73-48(30-39-15-7-5-8-16-39)60(87)75-51(34-55(69)82)62(89)76-52(35-56(83)84)63(90)74-50(33-42-36-70-45-20-12-11-19-44(42)45)64(91)79-57(38(3)4)66(93)71-46(21-13-27-68)58(85)72-47/h5-12,15-20,23-26,36-38,46-54,57,70,81H,13-14,21-22,27-35,68H2,1-4H3,(H2,69,82)(H,71,93)(H,72,85)(H,73,88)(H,74,90)(H,75,87)(H,76,89)(H,77,92)(H,78,86)(H,79,91)(H,83,84)/t46-,47-,48-,49?,50-,51-,52-,53+,54-,57-/m0/s1. The first kappa shape index (κ1) is 71.3. The Labute approximate surface area is 543 Å². The molecule has 11 amide bonds. The zero-order chi connectivity index (χ0) is 68.2. The zero-order valence-corrected chi connectivity index (χ0v) is 53.0. The molecule has 0 saturated carbocycles. The summed E-state index contributed by atoms with van der Waals surface area (Å²) in [5.41, 5.74) is 14.3. The summed E-state index contributed by atoms with van der Waals surface area (Å²) in [6.07, 6.45) is -0.659. The van der Waals surface area contributed by atoms with Gasteiger partial charge in [0.2, 0.25) is 65.0 Å². The van der Waals surface area contributed by atoms with Gasteiger partial charge >= 0.3 is 5.97 Å². The van der Waals surface area contributed by atoms with E-state index in [1.165, 1.54) is 17.0 Å². The number of carbonyl (C=O) groups is 12. The van der Waals surface area contributed by atoms with Crippen molar-refractivity contribution < 1.29 is 67.7 Å². The number of hydrogen-bond donors (Lipinski definition) is 14. The van der Waals surface area contributed by atoms with Crippen molar-refractivity contribution >= 4 is 81.9 Å². The molecule has 0 spiro atoms. The maximum absolute atomic E-state index is 15.2. The molecule has 3 heterocycles. The van der Waals surface area contributed by atoms with Gasteiger partial charge < -0.3 is 79.4 Å². The number of hydrogen-bond acceptors (Lipinski definition) is 14. The van der Waals surface area contributed by atoms with Gasteiger partial charge in [-0.05, 0) is 90.9 Å². The zero-order valence-electron chi connectivity index (χ0n) is 53.0. The van der Waals surface area contributed by atoms with Crippen LogP contribution in [0.2, 0.25) is 0 Å². The SMILES string of the molecule is CC(C)C[C@@H]1NC(=O)[C@H](CCCN)NC(=O)[C@H](C(C)C)NC(=O)[C@H](Cc2c[nH]c3ccccc23)NC(=O)[C@H](CC(=O)O)NC(=O)[C@H](CC(N)=O)NC(=O)[C@H](Cc2ccccc2)NC(=O)C(Cc2ccccc2)NC(=O)[C@@H]2CCCN2C(=O)[C@@H](Cc2ccc(O)cc2)NC1=O. The van der Waals surface area contributed by atoms with Crippen molar-refractivity contribution in [3.8, 4) is 5.75 Å². The van der Waals surface area contributed by atoms with Gasteiger partial charge in [0.05, 0.1) is 12.8 Å². The molecule has 1 unspecified atom stereocenters. The topological polar surface area (TPSA) is 425 Å². The van der Waals surface area contributed by atoms with Crippen molar-refractivity contribution in [2.75, 3.05) is 13.1 Å². The van der Waals surface area contributed by atoms with Crippen molar-refractivity contribution in [2.24, 2.45) is 23.3 Å². The molecule has 0 aliphatic carbocycles. The first-order valence-electron chi connectivity index (χ1n) is 31.5. The Bertz CT molecular complexity index is 3510. The highest BCUT2D eigenvalue weighted by atomic mass is 16.4. The van der Waals surface area contributed by atoms with E-state index in [0.29, 0.717) is 39.6 Å². The normalized spacial score (nSPS) is 23.8. The number of fused-ring (bicyclic) bond motifs is 2. The number of phenols is 1. The van der Waals surface area contributed by atoms with Crippen LogP contribution in [0.4, 0.5) is 0 Å². The van der Waals surface area contributed by atoms with Crippen LogP contribution in [-0.2, 0) is 83.2 Å². The molecule has 7 rings (SSSR count). The van der Waals surface area contributed by atoms with Crippen LogP contribution in [-0.4, -0.2) is 165 Å². The number of amides is 11. The second-order valence-electron chi connectivity index (χ2n) is 24.6. The maximum Gasteiger partial charge on any atom is 0.305 e.